The van der Waals surface area contributed by atoms with Crippen molar-refractivity contribution in [3.8, 4) is 0 Å². The van der Waals surface area contributed by atoms with E-state index in [9.17, 15) is 9.59 Å². The van der Waals surface area contributed by atoms with Crippen molar-refractivity contribution in [2.75, 3.05) is 11.5 Å². The number of anilines is 1. The number of benzene rings is 2. The highest BCUT2D eigenvalue weighted by Gasteiger charge is 2.30. The fourth-order valence-corrected chi connectivity index (χ4v) is 3.24. The third-order valence-corrected chi connectivity index (χ3v) is 4.36. The maximum atomic E-state index is 12.5. The summed E-state index contributed by atoms with van der Waals surface area (Å²) in [5.41, 5.74) is 2.47. The molecule has 2 aromatic rings. The standard InChI is InChI=1S/C18H16BrNO3/c1-12-9-13-5-2-3-8-16(13)20(12)17(21)11-23-18(22)14-6-4-7-15(19)10-14/h2-8,10,12H,9,11H2,1H3/t12-/m0/s1. The third-order valence-electron chi connectivity index (χ3n) is 3.86. The summed E-state index contributed by atoms with van der Waals surface area (Å²) in [6.45, 7) is 1.73. The second-order valence-electron chi connectivity index (χ2n) is 5.53. The second kappa shape index (κ2) is 6.54. The SMILES string of the molecule is C[C@H]1Cc2ccccc2N1C(=O)COC(=O)c1cccc(Br)c1. The van der Waals surface area contributed by atoms with Crippen LogP contribution in [0.2, 0.25) is 0 Å². The zero-order chi connectivity index (χ0) is 16.4. The van der Waals surface area contributed by atoms with Crippen LogP contribution >= 0.6 is 15.9 Å². The lowest BCUT2D eigenvalue weighted by Crippen LogP contribution is -2.38. The number of carbonyl (C=O) groups is 2. The van der Waals surface area contributed by atoms with Crippen molar-refractivity contribution in [1.29, 1.82) is 0 Å². The number of carbonyl (C=O) groups excluding carboxylic acids is 2. The number of para-hydroxylation sites is 1. The Bertz CT molecular complexity index is 759. The maximum absolute atomic E-state index is 12.5. The highest BCUT2D eigenvalue weighted by Crippen LogP contribution is 2.31. The summed E-state index contributed by atoms with van der Waals surface area (Å²) in [5.74, 6) is -0.703. The lowest BCUT2D eigenvalue weighted by molar-refractivity contribution is -0.122. The first-order valence-electron chi connectivity index (χ1n) is 7.39. The van der Waals surface area contributed by atoms with E-state index in [1.54, 1.807) is 23.1 Å². The van der Waals surface area contributed by atoms with Crippen LogP contribution in [0.5, 0.6) is 0 Å². The number of amides is 1. The number of hydrogen-bond donors (Lipinski definition) is 0. The lowest BCUT2D eigenvalue weighted by atomic mass is 10.1. The maximum Gasteiger partial charge on any atom is 0.338 e. The first kappa shape index (κ1) is 15.7. The number of esters is 1. The molecule has 4 nitrogen and oxygen atoms in total. The van der Waals surface area contributed by atoms with Crippen LogP contribution in [0.3, 0.4) is 0 Å². The van der Waals surface area contributed by atoms with Gasteiger partial charge < -0.3 is 9.64 Å². The minimum Gasteiger partial charge on any atom is -0.452 e. The van der Waals surface area contributed by atoms with E-state index in [4.69, 9.17) is 4.74 Å². The van der Waals surface area contributed by atoms with Crippen molar-refractivity contribution in [1.82, 2.24) is 0 Å². The third kappa shape index (κ3) is 3.29. The molecule has 23 heavy (non-hydrogen) atoms. The zero-order valence-electron chi connectivity index (χ0n) is 12.7. The number of hydrogen-bond acceptors (Lipinski definition) is 3. The molecule has 118 valence electrons. The van der Waals surface area contributed by atoms with Crippen LogP contribution in [0.15, 0.2) is 53.0 Å². The Morgan fingerprint density at radius 3 is 2.78 bits per heavy atom. The van der Waals surface area contributed by atoms with Crippen LogP contribution in [-0.4, -0.2) is 24.5 Å². The van der Waals surface area contributed by atoms with E-state index < -0.39 is 5.97 Å². The van der Waals surface area contributed by atoms with Crippen LogP contribution in [0, 0.1) is 0 Å². The van der Waals surface area contributed by atoms with Crippen LogP contribution in [0.1, 0.15) is 22.8 Å². The Kier molecular flexibility index (Phi) is 4.48. The Labute approximate surface area is 143 Å². The van der Waals surface area contributed by atoms with Crippen molar-refractivity contribution in [2.45, 2.75) is 19.4 Å². The molecule has 1 atom stereocenters. The van der Waals surface area contributed by atoms with E-state index in [0.717, 1.165) is 22.1 Å². The molecule has 0 N–H and O–H groups in total. The predicted octanol–water partition coefficient (Wildman–Crippen LogP) is 3.58. The fraction of sp³-hybridized carbons (Fsp3) is 0.222. The van der Waals surface area contributed by atoms with Crippen LogP contribution in [0.25, 0.3) is 0 Å². The molecule has 0 radical (unpaired) electrons. The summed E-state index contributed by atoms with van der Waals surface area (Å²) < 4.78 is 5.96. The minimum atomic E-state index is -0.500. The van der Waals surface area contributed by atoms with Crippen molar-refractivity contribution in [3.05, 3.63) is 64.1 Å². The highest BCUT2D eigenvalue weighted by atomic mass is 79.9. The van der Waals surface area contributed by atoms with E-state index >= 15 is 0 Å². The normalized spacial score (nSPS) is 16.1. The number of halogens is 1. The first-order valence-corrected chi connectivity index (χ1v) is 8.18. The molecule has 0 spiro atoms. The minimum absolute atomic E-state index is 0.0736. The Hall–Kier alpha value is -2.14. The van der Waals surface area contributed by atoms with Crippen LogP contribution in [-0.2, 0) is 16.0 Å². The molecule has 2 aromatic carbocycles. The lowest BCUT2D eigenvalue weighted by Gasteiger charge is -2.22. The van der Waals surface area contributed by atoms with E-state index in [2.05, 4.69) is 15.9 Å². The highest BCUT2D eigenvalue weighted by molar-refractivity contribution is 9.10. The average Bonchev–Trinajstić information content (AvgIpc) is 2.88. The molecule has 1 aliphatic heterocycles. The molecule has 1 aliphatic rings. The zero-order valence-corrected chi connectivity index (χ0v) is 14.2. The molecule has 0 saturated heterocycles. The summed E-state index contributed by atoms with van der Waals surface area (Å²) >= 11 is 3.31. The van der Waals surface area contributed by atoms with Gasteiger partial charge in [-0.1, -0.05) is 40.2 Å². The molecule has 1 heterocycles. The summed E-state index contributed by atoms with van der Waals surface area (Å²) in [6.07, 6.45) is 0.821. The van der Waals surface area contributed by atoms with Gasteiger partial charge in [-0.15, -0.1) is 0 Å². The molecular weight excluding hydrogens is 358 g/mol. The van der Waals surface area contributed by atoms with Gasteiger partial charge >= 0.3 is 5.97 Å². The quantitative estimate of drug-likeness (QED) is 0.772. The predicted molar refractivity (Wildman–Crippen MR) is 91.5 cm³/mol. The smallest absolute Gasteiger partial charge is 0.338 e. The molecule has 0 unspecified atom stereocenters. The van der Waals surface area contributed by atoms with E-state index in [-0.39, 0.29) is 18.6 Å². The number of nitrogens with zero attached hydrogens (tertiary/aromatic N) is 1. The van der Waals surface area contributed by atoms with Gasteiger partial charge in [0.2, 0.25) is 0 Å². The van der Waals surface area contributed by atoms with Crippen molar-refractivity contribution >= 4 is 33.5 Å². The molecule has 1 amide bonds. The molecule has 5 heteroatoms. The Morgan fingerprint density at radius 2 is 2.00 bits per heavy atom. The van der Waals surface area contributed by atoms with Gasteiger partial charge in [-0.25, -0.2) is 4.79 Å². The largest absolute Gasteiger partial charge is 0.452 e. The summed E-state index contributed by atoms with van der Waals surface area (Å²) in [5, 5.41) is 0. The molecule has 0 saturated carbocycles. The van der Waals surface area contributed by atoms with Gasteiger partial charge in [-0.2, -0.15) is 0 Å². The van der Waals surface area contributed by atoms with Crippen molar-refractivity contribution < 1.29 is 14.3 Å². The first-order chi connectivity index (χ1) is 11.1. The van der Waals surface area contributed by atoms with E-state index in [0.29, 0.717) is 5.56 Å². The van der Waals surface area contributed by atoms with Gasteiger partial charge in [0.1, 0.15) is 0 Å². The molecule has 0 aromatic heterocycles. The molecular formula is C18H16BrNO3. The van der Waals surface area contributed by atoms with Gasteiger partial charge in [0, 0.05) is 16.2 Å². The summed E-state index contributed by atoms with van der Waals surface area (Å²) in [4.78, 5) is 26.2. The molecule has 0 aliphatic carbocycles. The monoisotopic (exact) mass is 373 g/mol. The summed E-state index contributed by atoms with van der Waals surface area (Å²) in [6, 6.07) is 14.8. The van der Waals surface area contributed by atoms with Gasteiger partial charge in [-0.3, -0.25) is 4.79 Å². The molecule has 3 rings (SSSR count). The molecule has 0 bridgehead atoms. The molecule has 0 fully saturated rings. The van der Waals surface area contributed by atoms with Crippen LogP contribution < -0.4 is 4.90 Å². The van der Waals surface area contributed by atoms with Gasteiger partial charge in [0.25, 0.3) is 5.91 Å². The second-order valence-corrected chi connectivity index (χ2v) is 6.45. The van der Waals surface area contributed by atoms with Gasteiger partial charge in [0.05, 0.1) is 5.56 Å². The topological polar surface area (TPSA) is 46.6 Å². The van der Waals surface area contributed by atoms with Gasteiger partial charge in [0.15, 0.2) is 6.61 Å². The summed E-state index contributed by atoms with van der Waals surface area (Å²) in [7, 11) is 0. The van der Waals surface area contributed by atoms with Gasteiger partial charge in [-0.05, 0) is 43.2 Å². The fourth-order valence-electron chi connectivity index (χ4n) is 2.84. The number of rotatable bonds is 3. The Balaban J connectivity index is 1.67. The van der Waals surface area contributed by atoms with E-state index in [1.807, 2.05) is 37.3 Å². The number of ether oxygens (including phenoxy) is 1. The van der Waals surface area contributed by atoms with Crippen molar-refractivity contribution in [2.24, 2.45) is 0 Å². The number of fused-ring (bicyclic) bond motifs is 1. The average molecular weight is 374 g/mol. The van der Waals surface area contributed by atoms with E-state index in [1.165, 1.54) is 0 Å². The van der Waals surface area contributed by atoms with Crippen molar-refractivity contribution in [3.63, 3.8) is 0 Å². The Morgan fingerprint density at radius 1 is 1.22 bits per heavy atom. The van der Waals surface area contributed by atoms with Crippen LogP contribution in [0.4, 0.5) is 5.69 Å².